The van der Waals surface area contributed by atoms with Crippen molar-refractivity contribution in [2.75, 3.05) is 18.6 Å². The van der Waals surface area contributed by atoms with E-state index in [9.17, 15) is 4.79 Å². The molecule has 1 heterocycles. The molecule has 0 bridgehead atoms. The highest BCUT2D eigenvalue weighted by molar-refractivity contribution is 7.99. The molecule has 1 aromatic rings. The van der Waals surface area contributed by atoms with E-state index in [1.807, 2.05) is 20.0 Å². The van der Waals surface area contributed by atoms with Crippen LogP contribution in [0.15, 0.2) is 12.4 Å². The van der Waals surface area contributed by atoms with Crippen LogP contribution in [0.3, 0.4) is 0 Å². The molecule has 1 unspecified atom stereocenters. The molecule has 5 heteroatoms. The van der Waals surface area contributed by atoms with Crippen molar-refractivity contribution in [2.24, 2.45) is 5.92 Å². The first-order valence-electron chi connectivity index (χ1n) is 5.28. The number of hydrogen-bond acceptors (Lipinski definition) is 4. The van der Waals surface area contributed by atoms with Gasteiger partial charge in [0, 0.05) is 30.4 Å². The summed E-state index contributed by atoms with van der Waals surface area (Å²) in [5.74, 6) is 2.66. The summed E-state index contributed by atoms with van der Waals surface area (Å²) in [6.45, 7) is 4.81. The maximum atomic E-state index is 11.1. The molecule has 0 aliphatic heterocycles. The van der Waals surface area contributed by atoms with Gasteiger partial charge in [-0.3, -0.25) is 4.79 Å². The van der Waals surface area contributed by atoms with E-state index in [4.69, 9.17) is 0 Å². The SMILES string of the molecule is COC(=O)C(C)CSCCn1ccnc1C. The van der Waals surface area contributed by atoms with E-state index in [1.54, 1.807) is 18.0 Å². The molecule has 0 aliphatic rings. The fourth-order valence-corrected chi connectivity index (χ4v) is 2.31. The van der Waals surface area contributed by atoms with Crippen molar-refractivity contribution in [1.29, 1.82) is 0 Å². The molecule has 0 fully saturated rings. The molecule has 0 saturated heterocycles. The molecule has 0 amide bonds. The van der Waals surface area contributed by atoms with Crippen molar-refractivity contribution < 1.29 is 9.53 Å². The number of esters is 1. The Labute approximate surface area is 100 Å². The van der Waals surface area contributed by atoms with Gasteiger partial charge in [0.15, 0.2) is 0 Å². The van der Waals surface area contributed by atoms with E-state index >= 15 is 0 Å². The van der Waals surface area contributed by atoms with Gasteiger partial charge in [-0.05, 0) is 6.92 Å². The third-order valence-electron chi connectivity index (χ3n) is 2.37. The number of carbonyl (C=O) groups is 1. The average molecular weight is 242 g/mol. The van der Waals surface area contributed by atoms with Gasteiger partial charge in [0.25, 0.3) is 0 Å². The normalized spacial score (nSPS) is 12.4. The van der Waals surface area contributed by atoms with E-state index in [0.717, 1.165) is 23.9 Å². The number of ether oxygens (including phenoxy) is 1. The summed E-state index contributed by atoms with van der Waals surface area (Å²) < 4.78 is 6.77. The van der Waals surface area contributed by atoms with Crippen LogP contribution >= 0.6 is 11.8 Å². The van der Waals surface area contributed by atoms with Crippen molar-refractivity contribution in [2.45, 2.75) is 20.4 Å². The lowest BCUT2D eigenvalue weighted by Gasteiger charge is -2.09. The Kier molecular flexibility index (Phi) is 5.38. The third kappa shape index (κ3) is 3.89. The number of rotatable bonds is 6. The Hall–Kier alpha value is -0.970. The number of thioether (sulfide) groups is 1. The van der Waals surface area contributed by atoms with Crippen molar-refractivity contribution in [1.82, 2.24) is 9.55 Å². The first kappa shape index (κ1) is 13.1. The molecular weight excluding hydrogens is 224 g/mol. The van der Waals surface area contributed by atoms with Crippen LogP contribution < -0.4 is 0 Å². The smallest absolute Gasteiger partial charge is 0.309 e. The van der Waals surface area contributed by atoms with Gasteiger partial charge < -0.3 is 9.30 Å². The van der Waals surface area contributed by atoms with E-state index in [-0.39, 0.29) is 11.9 Å². The monoisotopic (exact) mass is 242 g/mol. The highest BCUT2D eigenvalue weighted by atomic mass is 32.2. The van der Waals surface area contributed by atoms with Gasteiger partial charge in [-0.1, -0.05) is 6.92 Å². The van der Waals surface area contributed by atoms with Gasteiger partial charge in [-0.25, -0.2) is 4.98 Å². The quantitative estimate of drug-likeness (QED) is 0.563. The first-order chi connectivity index (χ1) is 7.65. The molecule has 16 heavy (non-hydrogen) atoms. The Morgan fingerprint density at radius 1 is 1.69 bits per heavy atom. The molecule has 0 spiro atoms. The van der Waals surface area contributed by atoms with Crippen LogP contribution in [-0.2, 0) is 16.1 Å². The van der Waals surface area contributed by atoms with E-state index in [0.29, 0.717) is 0 Å². The second-order valence-corrected chi connectivity index (χ2v) is 4.82. The maximum Gasteiger partial charge on any atom is 0.309 e. The van der Waals surface area contributed by atoms with Gasteiger partial charge in [-0.15, -0.1) is 0 Å². The number of nitrogens with zero attached hydrogens (tertiary/aromatic N) is 2. The summed E-state index contributed by atoms with van der Waals surface area (Å²) in [4.78, 5) is 15.3. The molecule has 90 valence electrons. The minimum Gasteiger partial charge on any atom is -0.469 e. The van der Waals surface area contributed by atoms with Crippen LogP contribution in [0.25, 0.3) is 0 Å². The van der Waals surface area contributed by atoms with Crippen LogP contribution in [-0.4, -0.2) is 34.1 Å². The average Bonchev–Trinajstić information content (AvgIpc) is 2.69. The van der Waals surface area contributed by atoms with Gasteiger partial charge in [0.05, 0.1) is 13.0 Å². The fraction of sp³-hybridized carbons (Fsp3) is 0.636. The number of imidazole rings is 1. The molecule has 1 aromatic heterocycles. The number of aryl methyl sites for hydroxylation is 2. The molecule has 1 atom stereocenters. The van der Waals surface area contributed by atoms with Crippen LogP contribution in [0.4, 0.5) is 0 Å². The standard InChI is InChI=1S/C11H18N2O2S/c1-9(11(14)15-3)8-16-7-6-13-5-4-12-10(13)2/h4-5,9H,6-8H2,1-3H3. The topological polar surface area (TPSA) is 44.1 Å². The lowest BCUT2D eigenvalue weighted by atomic mass is 10.2. The summed E-state index contributed by atoms with van der Waals surface area (Å²) in [6, 6.07) is 0. The van der Waals surface area contributed by atoms with E-state index in [2.05, 4.69) is 14.3 Å². The fourth-order valence-electron chi connectivity index (χ4n) is 1.33. The van der Waals surface area contributed by atoms with E-state index < -0.39 is 0 Å². The van der Waals surface area contributed by atoms with Gasteiger partial charge in [-0.2, -0.15) is 11.8 Å². The number of methoxy groups -OCH3 is 1. The molecule has 0 aliphatic carbocycles. The molecule has 0 radical (unpaired) electrons. The largest absolute Gasteiger partial charge is 0.469 e. The predicted octanol–water partition coefficient (Wildman–Crippen LogP) is 1.73. The van der Waals surface area contributed by atoms with Crippen molar-refractivity contribution in [3.05, 3.63) is 18.2 Å². The summed E-state index contributed by atoms with van der Waals surface area (Å²) in [5.41, 5.74) is 0. The number of hydrogen-bond donors (Lipinski definition) is 0. The van der Waals surface area contributed by atoms with Crippen molar-refractivity contribution in [3.8, 4) is 0 Å². The highest BCUT2D eigenvalue weighted by Gasteiger charge is 2.12. The Balaban J connectivity index is 2.17. The lowest BCUT2D eigenvalue weighted by Crippen LogP contribution is -2.15. The zero-order valence-electron chi connectivity index (χ0n) is 9.97. The van der Waals surface area contributed by atoms with Crippen molar-refractivity contribution in [3.63, 3.8) is 0 Å². The van der Waals surface area contributed by atoms with Crippen LogP contribution in [0.1, 0.15) is 12.7 Å². The van der Waals surface area contributed by atoms with Crippen LogP contribution in [0.5, 0.6) is 0 Å². The predicted molar refractivity (Wildman–Crippen MR) is 65.5 cm³/mol. The van der Waals surface area contributed by atoms with Gasteiger partial charge in [0.2, 0.25) is 0 Å². The zero-order chi connectivity index (χ0) is 12.0. The van der Waals surface area contributed by atoms with Crippen molar-refractivity contribution >= 4 is 17.7 Å². The second-order valence-electron chi connectivity index (χ2n) is 3.67. The zero-order valence-corrected chi connectivity index (χ0v) is 10.8. The van der Waals surface area contributed by atoms with Gasteiger partial charge >= 0.3 is 5.97 Å². The lowest BCUT2D eigenvalue weighted by molar-refractivity contribution is -0.143. The van der Waals surface area contributed by atoms with Gasteiger partial charge in [0.1, 0.15) is 5.82 Å². The summed E-state index contributed by atoms with van der Waals surface area (Å²) in [5, 5.41) is 0. The Morgan fingerprint density at radius 2 is 2.44 bits per heavy atom. The third-order valence-corrected chi connectivity index (χ3v) is 3.58. The molecule has 4 nitrogen and oxygen atoms in total. The molecule has 0 saturated carbocycles. The summed E-state index contributed by atoms with van der Waals surface area (Å²) >= 11 is 1.76. The number of aromatic nitrogens is 2. The minimum atomic E-state index is -0.133. The summed E-state index contributed by atoms with van der Waals surface area (Å²) in [7, 11) is 1.43. The molecule has 1 rings (SSSR count). The molecule has 0 aromatic carbocycles. The highest BCUT2D eigenvalue weighted by Crippen LogP contribution is 2.10. The van der Waals surface area contributed by atoms with Crippen LogP contribution in [0, 0.1) is 12.8 Å². The number of carbonyl (C=O) groups excluding carboxylic acids is 1. The first-order valence-corrected chi connectivity index (χ1v) is 6.44. The Morgan fingerprint density at radius 3 is 3.00 bits per heavy atom. The molecule has 0 N–H and O–H groups in total. The minimum absolute atomic E-state index is 0.0288. The molecular formula is C11H18N2O2S. The Bertz CT molecular complexity index is 338. The van der Waals surface area contributed by atoms with E-state index in [1.165, 1.54) is 7.11 Å². The maximum absolute atomic E-state index is 11.1. The second kappa shape index (κ2) is 6.58. The summed E-state index contributed by atoms with van der Waals surface area (Å²) in [6.07, 6.45) is 3.77. The van der Waals surface area contributed by atoms with Crippen LogP contribution in [0.2, 0.25) is 0 Å².